The number of rotatable bonds is 3. The summed E-state index contributed by atoms with van der Waals surface area (Å²) in [7, 11) is 0. The number of alkyl halides is 1. The van der Waals surface area contributed by atoms with Gasteiger partial charge in [0.25, 0.3) is 0 Å². The van der Waals surface area contributed by atoms with Crippen molar-refractivity contribution < 1.29 is 0 Å². The average Bonchev–Trinajstić information content (AvgIpc) is 2.18. The Balaban J connectivity index is 2.38. The number of hydrogen-bond acceptors (Lipinski definition) is 0. The summed E-state index contributed by atoms with van der Waals surface area (Å²) in [6.07, 6.45) is 9.83. The van der Waals surface area contributed by atoms with Gasteiger partial charge in [0.15, 0.2) is 0 Å². The van der Waals surface area contributed by atoms with Gasteiger partial charge in [0, 0.05) is 4.43 Å². The van der Waals surface area contributed by atoms with E-state index in [0.717, 1.165) is 5.92 Å². The third kappa shape index (κ3) is 4.72. The Bertz CT molecular complexity index is 215. The molecule has 14 heavy (non-hydrogen) atoms. The molecule has 0 spiro atoms. The molecule has 0 radical (unpaired) electrons. The molecule has 0 amide bonds. The van der Waals surface area contributed by atoms with E-state index in [1.165, 1.54) is 36.5 Å². The highest BCUT2D eigenvalue weighted by atomic mass is 127. The van der Waals surface area contributed by atoms with Crippen LogP contribution in [0.25, 0.3) is 0 Å². The molecule has 0 atom stereocenters. The van der Waals surface area contributed by atoms with Crippen molar-refractivity contribution in [2.24, 2.45) is 5.92 Å². The highest BCUT2D eigenvalue weighted by Gasteiger charge is 2.13. The Kier molecular flexibility index (Phi) is 5.99. The van der Waals surface area contributed by atoms with Crippen molar-refractivity contribution in [3.63, 3.8) is 0 Å². The van der Waals surface area contributed by atoms with Gasteiger partial charge in [-0.05, 0) is 43.0 Å². The van der Waals surface area contributed by atoms with Crippen molar-refractivity contribution in [1.29, 1.82) is 0 Å². The van der Waals surface area contributed by atoms with E-state index in [2.05, 4.69) is 26.8 Å². The van der Waals surface area contributed by atoms with E-state index in [0.29, 0.717) is 20.7 Å². The molecule has 0 bridgehead atoms. The first-order chi connectivity index (χ1) is 6.70. The Morgan fingerprint density at radius 3 is 2.36 bits per heavy atom. The lowest BCUT2D eigenvalue weighted by Crippen LogP contribution is -2.07. The largest absolute Gasteiger partial charge is 0.120 e. The van der Waals surface area contributed by atoms with Gasteiger partial charge in [0.05, 0.1) is 0 Å². The second-order valence-electron chi connectivity index (χ2n) is 4.45. The van der Waals surface area contributed by atoms with E-state index >= 15 is 0 Å². The zero-order chi connectivity index (χ0) is 10.4. The van der Waals surface area contributed by atoms with Gasteiger partial charge in [-0.1, -0.05) is 30.9 Å². The van der Waals surface area contributed by atoms with Gasteiger partial charge in [-0.15, -0.1) is 20.7 Å². The van der Waals surface area contributed by atoms with Crippen molar-refractivity contribution in [2.45, 2.75) is 52.9 Å². The Hall–Kier alpha value is 0.340. The summed E-state index contributed by atoms with van der Waals surface area (Å²) in [5, 5.41) is 0. The van der Waals surface area contributed by atoms with Crippen LogP contribution in [0.2, 0.25) is 0 Å². The van der Waals surface area contributed by atoms with Gasteiger partial charge in [-0.2, -0.15) is 0 Å². The SMILES string of the molecule is CC(C)=IC/C=C(\C)C1CCCCC1. The smallest absolute Gasteiger partial charge is 0.0130 e. The quantitative estimate of drug-likeness (QED) is 0.403. The lowest BCUT2D eigenvalue weighted by Gasteiger charge is -2.22. The maximum Gasteiger partial charge on any atom is 0.0130 e. The zero-order valence-corrected chi connectivity index (χ0v) is 11.9. The van der Waals surface area contributed by atoms with Gasteiger partial charge < -0.3 is 0 Å². The van der Waals surface area contributed by atoms with E-state index in [9.17, 15) is 0 Å². The zero-order valence-electron chi connectivity index (χ0n) is 9.78. The van der Waals surface area contributed by atoms with E-state index < -0.39 is 0 Å². The van der Waals surface area contributed by atoms with E-state index in [-0.39, 0.29) is 0 Å². The molecule has 0 aromatic rings. The molecule has 0 N–H and O–H groups in total. The van der Waals surface area contributed by atoms with Crippen LogP contribution in [-0.2, 0) is 0 Å². The molecule has 0 aliphatic heterocycles. The monoisotopic (exact) mass is 306 g/mol. The molecule has 0 aromatic carbocycles. The Labute approximate surface area is 98.9 Å². The van der Waals surface area contributed by atoms with E-state index in [1.807, 2.05) is 0 Å². The molecule has 0 nitrogen and oxygen atoms in total. The third-order valence-corrected chi connectivity index (χ3v) is 5.40. The highest BCUT2D eigenvalue weighted by molar-refractivity contribution is 14.2. The maximum absolute atomic E-state index is 2.52. The molecular formula is C13H23I. The van der Waals surface area contributed by atoms with Crippen LogP contribution >= 0.6 is 20.7 Å². The fraction of sp³-hybridized carbons (Fsp3) is 0.769. The minimum Gasteiger partial charge on any atom is -0.120 e. The van der Waals surface area contributed by atoms with Gasteiger partial charge in [0.2, 0.25) is 0 Å². The van der Waals surface area contributed by atoms with Crippen LogP contribution in [0.3, 0.4) is 0 Å². The summed E-state index contributed by atoms with van der Waals surface area (Å²) in [6, 6.07) is 0. The van der Waals surface area contributed by atoms with E-state index in [1.54, 1.807) is 9.08 Å². The number of hydrogen-bond donors (Lipinski definition) is 0. The van der Waals surface area contributed by atoms with Gasteiger partial charge >= 0.3 is 0 Å². The van der Waals surface area contributed by atoms with Crippen LogP contribution in [0, 0.1) is 5.92 Å². The first kappa shape index (κ1) is 12.4. The summed E-state index contributed by atoms with van der Waals surface area (Å²) >= 11 is 0.349. The molecule has 0 unspecified atom stereocenters. The molecule has 1 aliphatic carbocycles. The molecule has 0 saturated heterocycles. The molecule has 82 valence electrons. The molecule has 1 heteroatoms. The molecule has 1 aliphatic rings. The molecule has 0 aromatic heterocycles. The normalized spacial score (nSPS) is 19.8. The van der Waals surface area contributed by atoms with Gasteiger partial charge in [0.1, 0.15) is 0 Å². The van der Waals surface area contributed by atoms with Crippen molar-refractivity contribution in [2.75, 3.05) is 4.43 Å². The van der Waals surface area contributed by atoms with Crippen molar-refractivity contribution >= 4 is 24.2 Å². The van der Waals surface area contributed by atoms with Crippen molar-refractivity contribution in [3.05, 3.63) is 11.6 Å². The maximum atomic E-state index is 2.52. The predicted octanol–water partition coefficient (Wildman–Crippen LogP) is 4.70. The summed E-state index contributed by atoms with van der Waals surface area (Å²) in [4.78, 5) is 0. The van der Waals surface area contributed by atoms with Crippen molar-refractivity contribution in [1.82, 2.24) is 0 Å². The molecule has 1 rings (SSSR count). The first-order valence-corrected chi connectivity index (χ1v) is 8.36. The minimum absolute atomic E-state index is 0.349. The fourth-order valence-corrected chi connectivity index (χ4v) is 3.83. The fourth-order valence-electron chi connectivity index (χ4n) is 2.04. The minimum atomic E-state index is 0.349. The summed E-state index contributed by atoms with van der Waals surface area (Å²) in [6.45, 7) is 6.90. The van der Waals surface area contributed by atoms with Crippen LogP contribution < -0.4 is 0 Å². The Morgan fingerprint density at radius 1 is 1.14 bits per heavy atom. The van der Waals surface area contributed by atoms with Crippen LogP contribution in [0.4, 0.5) is 0 Å². The first-order valence-electron chi connectivity index (χ1n) is 5.76. The van der Waals surface area contributed by atoms with E-state index in [4.69, 9.17) is 0 Å². The van der Waals surface area contributed by atoms with Gasteiger partial charge in [-0.3, -0.25) is 0 Å². The average molecular weight is 306 g/mol. The highest BCUT2D eigenvalue weighted by Crippen LogP contribution is 2.29. The number of allylic oxidation sites excluding steroid dienone is 2. The predicted molar refractivity (Wildman–Crippen MR) is 75.6 cm³/mol. The summed E-state index contributed by atoms with van der Waals surface area (Å²) in [5.41, 5.74) is 1.69. The second kappa shape index (κ2) is 6.76. The van der Waals surface area contributed by atoms with Crippen LogP contribution in [0.15, 0.2) is 11.6 Å². The van der Waals surface area contributed by atoms with Crippen molar-refractivity contribution in [3.8, 4) is 0 Å². The van der Waals surface area contributed by atoms with Crippen LogP contribution in [-0.4, -0.2) is 7.94 Å². The topological polar surface area (TPSA) is 0 Å². The molecule has 0 heterocycles. The lowest BCUT2D eigenvalue weighted by atomic mass is 9.84. The lowest BCUT2D eigenvalue weighted by molar-refractivity contribution is 0.402. The summed E-state index contributed by atoms with van der Waals surface area (Å²) in [5.74, 6) is 0.935. The van der Waals surface area contributed by atoms with Gasteiger partial charge in [-0.25, -0.2) is 0 Å². The molecule has 1 saturated carbocycles. The van der Waals surface area contributed by atoms with Crippen LogP contribution in [0.5, 0.6) is 0 Å². The third-order valence-electron chi connectivity index (χ3n) is 2.99. The molecular weight excluding hydrogens is 283 g/mol. The summed E-state index contributed by atoms with van der Waals surface area (Å²) < 4.78 is 3.03. The molecule has 1 fully saturated rings. The second-order valence-corrected chi connectivity index (χ2v) is 8.25. The van der Waals surface area contributed by atoms with Crippen LogP contribution in [0.1, 0.15) is 52.9 Å². The number of halogens is 1. The Morgan fingerprint density at radius 2 is 1.79 bits per heavy atom. The standard InChI is InChI=1S/C13H23I/c1-11(2)14-10-9-12(3)13-7-5-4-6-8-13/h9,13H,4-8,10H2,1-3H3/b12-9+.